The highest BCUT2D eigenvalue weighted by atomic mass is 32.2. The van der Waals surface area contributed by atoms with Crippen LogP contribution in [-0.2, 0) is 10.0 Å². The molecule has 4 N–H and O–H groups in total. The third-order valence-corrected chi connectivity index (χ3v) is 6.69. The van der Waals surface area contributed by atoms with E-state index in [0.29, 0.717) is 16.9 Å². The third-order valence-electron chi connectivity index (χ3n) is 5.43. The smallest absolute Gasteiger partial charge is 0.280 e. The summed E-state index contributed by atoms with van der Waals surface area (Å²) < 4.78 is 46.1. The van der Waals surface area contributed by atoms with Gasteiger partial charge in [0.2, 0.25) is 5.75 Å². The Morgan fingerprint density at radius 2 is 1.80 bits per heavy atom. The fraction of sp³-hybridized carbons (Fsp3) is 0.115. The molecule has 1 aromatic carbocycles. The third kappa shape index (κ3) is 5.91. The van der Waals surface area contributed by atoms with Crippen LogP contribution in [0.3, 0.4) is 0 Å². The van der Waals surface area contributed by atoms with Gasteiger partial charge in [-0.3, -0.25) is 9.71 Å². The van der Waals surface area contributed by atoms with Gasteiger partial charge in [0.05, 0.1) is 14.2 Å². The number of sulfonamides is 1. The number of nitrogens with two attached hydrogens (primary N) is 1. The van der Waals surface area contributed by atoms with Crippen molar-refractivity contribution in [2.24, 2.45) is 10.9 Å². The second-order valence-corrected chi connectivity index (χ2v) is 9.80. The molecule has 3 aromatic heterocycles. The Balaban J connectivity index is 1.87. The first-order valence-electron chi connectivity index (χ1n) is 11.5. The number of hydrogen-bond acceptors (Lipinski definition) is 11. The average molecular weight is 564 g/mol. The lowest BCUT2D eigenvalue weighted by Gasteiger charge is -2.17. The van der Waals surface area contributed by atoms with Crippen LogP contribution in [0.15, 0.2) is 77.7 Å². The molecule has 3 heterocycles. The van der Waals surface area contributed by atoms with Crippen molar-refractivity contribution in [2.45, 2.75) is 11.9 Å². The summed E-state index contributed by atoms with van der Waals surface area (Å²) in [6, 6.07) is 12.7. The first-order chi connectivity index (χ1) is 19.2. The SMILES string of the molecule is C=C(C)c1ccc(S(=O)(=O)Nc2nc(-c3ccnc(C(N)=NO)c3)nc(OC)c2Oc2ccccc2OC)nc1. The lowest BCUT2D eigenvalue weighted by atomic mass is 10.2. The maximum atomic E-state index is 13.4. The Hall–Kier alpha value is -5.24. The summed E-state index contributed by atoms with van der Waals surface area (Å²) >= 11 is 0. The van der Waals surface area contributed by atoms with E-state index < -0.39 is 10.0 Å². The van der Waals surface area contributed by atoms with Gasteiger partial charge in [-0.15, -0.1) is 0 Å². The first kappa shape index (κ1) is 27.8. The highest BCUT2D eigenvalue weighted by molar-refractivity contribution is 7.92. The van der Waals surface area contributed by atoms with Gasteiger partial charge >= 0.3 is 0 Å². The molecule has 0 radical (unpaired) electrons. The number of pyridine rings is 2. The molecule has 0 aliphatic heterocycles. The van der Waals surface area contributed by atoms with Gasteiger partial charge in [0.15, 0.2) is 34.0 Å². The van der Waals surface area contributed by atoms with Crippen molar-refractivity contribution in [1.82, 2.24) is 19.9 Å². The second kappa shape index (κ2) is 11.7. The van der Waals surface area contributed by atoms with E-state index in [0.717, 1.165) is 5.57 Å². The van der Waals surface area contributed by atoms with Crippen molar-refractivity contribution in [3.05, 3.63) is 78.8 Å². The fourth-order valence-electron chi connectivity index (χ4n) is 3.40. The molecule has 0 aliphatic rings. The molecule has 0 saturated carbocycles. The van der Waals surface area contributed by atoms with E-state index in [1.165, 1.54) is 38.7 Å². The van der Waals surface area contributed by atoms with Crippen LogP contribution < -0.4 is 24.7 Å². The fourth-order valence-corrected chi connectivity index (χ4v) is 4.34. The number of amidine groups is 1. The van der Waals surface area contributed by atoms with Gasteiger partial charge in [-0.2, -0.15) is 13.4 Å². The topological polar surface area (TPSA) is 184 Å². The van der Waals surface area contributed by atoms with Crippen molar-refractivity contribution >= 4 is 27.2 Å². The van der Waals surface area contributed by atoms with Gasteiger partial charge in [0.25, 0.3) is 15.9 Å². The minimum absolute atomic E-state index is 0.0295. The Labute approximate surface area is 230 Å². The van der Waals surface area contributed by atoms with Gasteiger partial charge in [0, 0.05) is 18.0 Å². The highest BCUT2D eigenvalue weighted by Gasteiger charge is 2.26. The van der Waals surface area contributed by atoms with Crippen molar-refractivity contribution in [2.75, 3.05) is 18.9 Å². The van der Waals surface area contributed by atoms with Crippen LogP contribution in [0.4, 0.5) is 5.82 Å². The lowest BCUT2D eigenvalue weighted by Crippen LogP contribution is -2.17. The number of oxime groups is 1. The van der Waals surface area contributed by atoms with E-state index in [-0.39, 0.29) is 45.6 Å². The van der Waals surface area contributed by atoms with Crippen LogP contribution in [0.1, 0.15) is 18.2 Å². The monoisotopic (exact) mass is 563 g/mol. The van der Waals surface area contributed by atoms with Crippen LogP contribution in [0, 0.1) is 0 Å². The van der Waals surface area contributed by atoms with Crippen LogP contribution in [0.2, 0.25) is 0 Å². The van der Waals surface area contributed by atoms with Crippen molar-refractivity contribution in [3.8, 4) is 34.5 Å². The maximum absolute atomic E-state index is 13.4. The van der Waals surface area contributed by atoms with Gasteiger partial charge in [-0.25, -0.2) is 9.97 Å². The zero-order chi connectivity index (χ0) is 28.9. The molecule has 0 spiro atoms. The minimum atomic E-state index is -4.27. The summed E-state index contributed by atoms with van der Waals surface area (Å²) in [5, 5.41) is 11.7. The normalized spacial score (nSPS) is 11.5. The number of hydrogen-bond donors (Lipinski definition) is 3. The van der Waals surface area contributed by atoms with E-state index in [4.69, 9.17) is 25.2 Å². The molecule has 0 fully saturated rings. The van der Waals surface area contributed by atoms with Gasteiger partial charge < -0.3 is 25.2 Å². The molecule has 0 unspecified atom stereocenters. The molecule has 0 bridgehead atoms. The first-order valence-corrected chi connectivity index (χ1v) is 13.0. The second-order valence-electron chi connectivity index (χ2n) is 8.17. The van der Waals surface area contributed by atoms with Gasteiger partial charge in [0.1, 0.15) is 5.69 Å². The summed E-state index contributed by atoms with van der Waals surface area (Å²) in [5.41, 5.74) is 7.59. The predicted octanol–water partition coefficient (Wildman–Crippen LogP) is 3.67. The van der Waals surface area contributed by atoms with Gasteiger partial charge in [-0.05, 0) is 48.4 Å². The number of rotatable bonds is 10. The Morgan fingerprint density at radius 3 is 2.42 bits per heavy atom. The van der Waals surface area contributed by atoms with E-state index >= 15 is 0 Å². The summed E-state index contributed by atoms with van der Waals surface area (Å²) in [6.45, 7) is 5.62. The molecule has 0 atom stereocenters. The van der Waals surface area contributed by atoms with Crippen molar-refractivity contribution in [3.63, 3.8) is 0 Å². The minimum Gasteiger partial charge on any atom is -0.493 e. The highest BCUT2D eigenvalue weighted by Crippen LogP contribution is 2.41. The zero-order valence-corrected chi connectivity index (χ0v) is 22.5. The van der Waals surface area contributed by atoms with Crippen molar-refractivity contribution in [1.29, 1.82) is 0 Å². The number of benzene rings is 1. The average Bonchev–Trinajstić information content (AvgIpc) is 2.97. The van der Waals surface area contributed by atoms with Crippen LogP contribution in [0.5, 0.6) is 23.1 Å². The number of nitrogens with one attached hydrogen (secondary N) is 1. The number of methoxy groups -OCH3 is 2. The largest absolute Gasteiger partial charge is 0.493 e. The predicted molar refractivity (Wildman–Crippen MR) is 147 cm³/mol. The molecule has 13 nitrogen and oxygen atoms in total. The molecule has 0 aliphatic carbocycles. The Bertz CT molecular complexity index is 1690. The lowest BCUT2D eigenvalue weighted by molar-refractivity contribution is 0.318. The molecule has 206 valence electrons. The number of para-hydroxylation sites is 2. The summed E-state index contributed by atoms with van der Waals surface area (Å²) in [6.07, 6.45) is 2.80. The number of aromatic nitrogens is 4. The number of nitrogens with zero attached hydrogens (tertiary/aromatic N) is 5. The molecule has 4 aromatic rings. The number of allylic oxidation sites excluding steroid dienone is 1. The number of anilines is 1. The molecule has 0 amide bonds. The summed E-state index contributed by atoms with van der Waals surface area (Å²) in [7, 11) is -1.47. The molecular formula is C26H25N7O6S. The standard InChI is InChI=1S/C26H25N7O6S/c1-15(2)17-9-10-21(29-14-17)40(35,36)33-25-22(39-20-8-6-5-7-19(20)37-3)26(38-4)31-24(30-25)16-11-12-28-18(13-16)23(27)32-34/h5-14,34H,1H2,2-4H3,(H2,27,32)(H,30,31,33). The molecule has 4 rings (SSSR count). The Kier molecular flexibility index (Phi) is 8.09. The Morgan fingerprint density at radius 1 is 1.05 bits per heavy atom. The molecule has 40 heavy (non-hydrogen) atoms. The van der Waals surface area contributed by atoms with Crippen LogP contribution >= 0.6 is 0 Å². The zero-order valence-electron chi connectivity index (χ0n) is 21.7. The van der Waals surface area contributed by atoms with Gasteiger partial charge in [-0.1, -0.05) is 29.9 Å². The maximum Gasteiger partial charge on any atom is 0.280 e. The van der Waals surface area contributed by atoms with E-state index in [9.17, 15) is 8.42 Å². The molecular weight excluding hydrogens is 538 g/mol. The summed E-state index contributed by atoms with van der Waals surface area (Å²) in [5.74, 6) is -0.0677. The summed E-state index contributed by atoms with van der Waals surface area (Å²) in [4.78, 5) is 16.9. The van der Waals surface area contributed by atoms with Crippen LogP contribution in [0.25, 0.3) is 17.0 Å². The van der Waals surface area contributed by atoms with Crippen molar-refractivity contribution < 1.29 is 27.8 Å². The molecule has 14 heteroatoms. The van der Waals surface area contributed by atoms with E-state index in [2.05, 4.69) is 36.4 Å². The van der Waals surface area contributed by atoms with Crippen LogP contribution in [-0.4, -0.2) is 53.6 Å². The van der Waals surface area contributed by atoms with E-state index in [1.54, 1.807) is 43.3 Å². The van der Waals surface area contributed by atoms with E-state index in [1.807, 2.05) is 0 Å². The number of ether oxygens (including phenoxy) is 3. The molecule has 0 saturated heterocycles. The quantitative estimate of drug-likeness (QED) is 0.111.